The third-order valence-corrected chi connectivity index (χ3v) is 4.32. The van der Waals surface area contributed by atoms with E-state index in [9.17, 15) is 23.5 Å². The van der Waals surface area contributed by atoms with Gasteiger partial charge < -0.3 is 15.7 Å². The standard InChI is InChI=1S/C21H30F2N2O3/c1-4-6-7-8-21(28)25-18(5-2)13-20(27)19(24-14(3)26)11-15-9-16(22)12-17(23)10-15/h7-10,12,18-20,27H,4-6,11,13H2,1-3H3,(H,24,26)(H,25,28)/t18?,19-,20-/m0/s1. The maximum atomic E-state index is 13.4. The number of hydrogen-bond acceptors (Lipinski definition) is 3. The third-order valence-electron chi connectivity index (χ3n) is 4.32. The Morgan fingerprint density at radius 1 is 1.14 bits per heavy atom. The van der Waals surface area contributed by atoms with Crippen LogP contribution in [-0.2, 0) is 16.0 Å². The van der Waals surface area contributed by atoms with Crippen molar-refractivity contribution in [3.05, 3.63) is 47.5 Å². The molecule has 28 heavy (non-hydrogen) atoms. The summed E-state index contributed by atoms with van der Waals surface area (Å²) in [7, 11) is 0. The number of unbranched alkanes of at least 4 members (excludes halogenated alkanes) is 1. The summed E-state index contributed by atoms with van der Waals surface area (Å²) in [6.45, 7) is 5.20. The van der Waals surface area contributed by atoms with E-state index in [2.05, 4.69) is 10.6 Å². The highest BCUT2D eigenvalue weighted by atomic mass is 19.1. The summed E-state index contributed by atoms with van der Waals surface area (Å²) in [5.41, 5.74) is 0.329. The summed E-state index contributed by atoms with van der Waals surface area (Å²) in [5.74, 6) is -2.04. The van der Waals surface area contributed by atoms with Crippen LogP contribution in [0.3, 0.4) is 0 Å². The molecule has 1 unspecified atom stereocenters. The first-order valence-electron chi connectivity index (χ1n) is 9.62. The van der Waals surface area contributed by atoms with Gasteiger partial charge >= 0.3 is 0 Å². The Morgan fingerprint density at radius 2 is 1.79 bits per heavy atom. The molecular weight excluding hydrogens is 366 g/mol. The van der Waals surface area contributed by atoms with Crippen molar-refractivity contribution in [3.8, 4) is 0 Å². The van der Waals surface area contributed by atoms with Gasteiger partial charge in [-0.3, -0.25) is 9.59 Å². The molecule has 0 aromatic heterocycles. The van der Waals surface area contributed by atoms with Crippen LogP contribution in [0.1, 0.15) is 52.0 Å². The number of benzene rings is 1. The van der Waals surface area contributed by atoms with Gasteiger partial charge in [0.15, 0.2) is 0 Å². The van der Waals surface area contributed by atoms with Crippen molar-refractivity contribution in [1.82, 2.24) is 10.6 Å². The van der Waals surface area contributed by atoms with Crippen molar-refractivity contribution in [1.29, 1.82) is 0 Å². The van der Waals surface area contributed by atoms with Crippen LogP contribution in [0.2, 0.25) is 0 Å². The number of allylic oxidation sites excluding steroid dienone is 1. The first-order valence-corrected chi connectivity index (χ1v) is 9.62. The van der Waals surface area contributed by atoms with Crippen molar-refractivity contribution in [2.45, 2.75) is 71.1 Å². The normalized spacial score (nSPS) is 14.5. The summed E-state index contributed by atoms with van der Waals surface area (Å²) < 4.78 is 26.9. The quantitative estimate of drug-likeness (QED) is 0.503. The molecule has 0 aliphatic heterocycles. The van der Waals surface area contributed by atoms with Gasteiger partial charge in [0.25, 0.3) is 0 Å². The van der Waals surface area contributed by atoms with Crippen LogP contribution in [0.4, 0.5) is 8.78 Å². The van der Waals surface area contributed by atoms with Crippen LogP contribution in [0.25, 0.3) is 0 Å². The highest BCUT2D eigenvalue weighted by Gasteiger charge is 2.24. The first kappa shape index (κ1) is 23.8. The van der Waals surface area contributed by atoms with Crippen LogP contribution in [0.15, 0.2) is 30.4 Å². The number of carbonyl (C=O) groups is 2. The molecule has 0 fully saturated rings. The van der Waals surface area contributed by atoms with Crippen molar-refractivity contribution < 1.29 is 23.5 Å². The zero-order valence-corrected chi connectivity index (χ0v) is 16.7. The maximum absolute atomic E-state index is 13.4. The molecule has 5 nitrogen and oxygen atoms in total. The second-order valence-corrected chi connectivity index (χ2v) is 6.90. The first-order chi connectivity index (χ1) is 13.2. The Hall–Kier alpha value is -2.28. The molecule has 156 valence electrons. The fourth-order valence-corrected chi connectivity index (χ4v) is 2.92. The van der Waals surface area contributed by atoms with E-state index in [0.29, 0.717) is 12.0 Å². The topological polar surface area (TPSA) is 78.4 Å². The highest BCUT2D eigenvalue weighted by molar-refractivity contribution is 5.87. The second kappa shape index (κ2) is 12.2. The van der Waals surface area contributed by atoms with E-state index < -0.39 is 23.8 Å². The second-order valence-electron chi connectivity index (χ2n) is 6.90. The van der Waals surface area contributed by atoms with Crippen molar-refractivity contribution >= 4 is 11.8 Å². The largest absolute Gasteiger partial charge is 0.391 e. The lowest BCUT2D eigenvalue weighted by Gasteiger charge is -2.27. The van der Waals surface area contributed by atoms with Crippen molar-refractivity contribution in [2.24, 2.45) is 0 Å². The molecular formula is C21H30F2N2O3. The van der Waals surface area contributed by atoms with Crippen LogP contribution < -0.4 is 10.6 Å². The molecule has 7 heteroatoms. The van der Waals surface area contributed by atoms with Gasteiger partial charge in [0, 0.05) is 19.0 Å². The van der Waals surface area contributed by atoms with Gasteiger partial charge in [-0.1, -0.05) is 26.3 Å². The zero-order valence-electron chi connectivity index (χ0n) is 16.7. The molecule has 2 amide bonds. The van der Waals surface area contributed by atoms with Gasteiger partial charge in [-0.25, -0.2) is 8.78 Å². The molecule has 1 aromatic rings. The minimum atomic E-state index is -1.000. The average Bonchev–Trinajstić information content (AvgIpc) is 2.59. The molecule has 0 saturated heterocycles. The molecule has 1 aromatic carbocycles. The number of amides is 2. The summed E-state index contributed by atoms with van der Waals surface area (Å²) in [6.07, 6.45) is 4.87. The Labute approximate surface area is 165 Å². The van der Waals surface area contributed by atoms with Crippen molar-refractivity contribution in [3.63, 3.8) is 0 Å². The molecule has 0 saturated carbocycles. The number of aliphatic hydroxyl groups is 1. The molecule has 0 aliphatic carbocycles. The average molecular weight is 396 g/mol. The lowest BCUT2D eigenvalue weighted by atomic mass is 9.95. The SMILES string of the molecule is CCCC=CC(=O)NC(CC)C[C@H](O)[C@H](Cc1cc(F)cc(F)c1)NC(C)=O. The fraction of sp³-hybridized carbons (Fsp3) is 0.524. The monoisotopic (exact) mass is 396 g/mol. The Morgan fingerprint density at radius 3 is 2.32 bits per heavy atom. The van der Waals surface area contributed by atoms with E-state index in [1.54, 1.807) is 6.08 Å². The maximum Gasteiger partial charge on any atom is 0.243 e. The van der Waals surface area contributed by atoms with Crippen molar-refractivity contribution in [2.75, 3.05) is 0 Å². The summed E-state index contributed by atoms with van der Waals surface area (Å²) >= 11 is 0. The van der Waals surface area contributed by atoms with E-state index in [0.717, 1.165) is 18.9 Å². The van der Waals surface area contributed by atoms with E-state index >= 15 is 0 Å². The van der Waals surface area contributed by atoms with Gasteiger partial charge in [0.1, 0.15) is 11.6 Å². The Kier molecular flexibility index (Phi) is 10.4. The molecule has 1 rings (SSSR count). The number of rotatable bonds is 11. The fourth-order valence-electron chi connectivity index (χ4n) is 2.92. The molecule has 3 N–H and O–H groups in total. The summed E-state index contributed by atoms with van der Waals surface area (Å²) in [6, 6.07) is 2.07. The molecule has 0 heterocycles. The van der Waals surface area contributed by atoms with Crippen LogP contribution in [0, 0.1) is 11.6 Å². The third kappa shape index (κ3) is 9.08. The molecule has 3 atom stereocenters. The van der Waals surface area contributed by atoms with Gasteiger partial charge in [-0.15, -0.1) is 0 Å². The Balaban J connectivity index is 2.80. The number of hydrogen-bond donors (Lipinski definition) is 3. The predicted molar refractivity (Wildman–Crippen MR) is 105 cm³/mol. The summed E-state index contributed by atoms with van der Waals surface area (Å²) in [5, 5.41) is 16.1. The summed E-state index contributed by atoms with van der Waals surface area (Å²) in [4.78, 5) is 23.5. The minimum absolute atomic E-state index is 0.0657. The number of aliphatic hydroxyl groups excluding tert-OH is 1. The lowest BCUT2D eigenvalue weighted by molar-refractivity contribution is -0.121. The molecule has 0 spiro atoms. The van der Waals surface area contributed by atoms with Gasteiger partial charge in [-0.05, 0) is 49.5 Å². The smallest absolute Gasteiger partial charge is 0.243 e. The van der Waals surface area contributed by atoms with E-state index in [-0.39, 0.29) is 30.7 Å². The Bertz CT molecular complexity index is 659. The van der Waals surface area contributed by atoms with Gasteiger partial charge in [-0.2, -0.15) is 0 Å². The van der Waals surface area contributed by atoms with Crippen LogP contribution in [-0.4, -0.2) is 35.1 Å². The molecule has 0 aliphatic rings. The number of halogens is 2. The number of carbonyl (C=O) groups excluding carboxylic acids is 2. The van der Waals surface area contributed by atoms with Crippen LogP contribution in [0.5, 0.6) is 0 Å². The van der Waals surface area contributed by atoms with E-state index in [1.165, 1.54) is 25.1 Å². The van der Waals surface area contributed by atoms with Crippen LogP contribution >= 0.6 is 0 Å². The number of nitrogens with one attached hydrogen (secondary N) is 2. The molecule has 0 radical (unpaired) electrons. The molecule has 0 bridgehead atoms. The van der Waals surface area contributed by atoms with E-state index in [4.69, 9.17) is 0 Å². The van der Waals surface area contributed by atoms with E-state index in [1.807, 2.05) is 13.8 Å². The van der Waals surface area contributed by atoms with Gasteiger partial charge in [0.05, 0.1) is 12.1 Å². The zero-order chi connectivity index (χ0) is 21.1. The predicted octanol–water partition coefficient (Wildman–Crippen LogP) is 3.01. The minimum Gasteiger partial charge on any atom is -0.391 e. The van der Waals surface area contributed by atoms with Gasteiger partial charge in [0.2, 0.25) is 11.8 Å². The highest BCUT2D eigenvalue weighted by Crippen LogP contribution is 2.15. The lowest BCUT2D eigenvalue weighted by Crippen LogP contribution is -2.47.